The molecule has 12 heteroatoms. The summed E-state index contributed by atoms with van der Waals surface area (Å²) in [6, 6.07) is 3.92. The molecule has 1 aliphatic rings. The van der Waals surface area contributed by atoms with Gasteiger partial charge in [0.25, 0.3) is 0 Å². The van der Waals surface area contributed by atoms with Crippen molar-refractivity contribution in [2.75, 3.05) is 6.54 Å². The summed E-state index contributed by atoms with van der Waals surface area (Å²) in [5, 5.41) is 12.5. The Labute approximate surface area is 186 Å². The summed E-state index contributed by atoms with van der Waals surface area (Å²) in [7, 11) is 0. The van der Waals surface area contributed by atoms with Gasteiger partial charge in [-0.15, -0.1) is 10.2 Å². The Morgan fingerprint density at radius 1 is 1.33 bits per heavy atom. The van der Waals surface area contributed by atoms with Gasteiger partial charge in [0, 0.05) is 30.3 Å². The summed E-state index contributed by atoms with van der Waals surface area (Å²) < 4.78 is 37.5. The Bertz CT molecular complexity index is 1320. The van der Waals surface area contributed by atoms with Crippen molar-refractivity contribution in [2.45, 2.75) is 45.3 Å². The van der Waals surface area contributed by atoms with Gasteiger partial charge in [0.2, 0.25) is 5.89 Å². The fourth-order valence-electron chi connectivity index (χ4n) is 3.87. The summed E-state index contributed by atoms with van der Waals surface area (Å²) in [6.45, 7) is 3.09. The van der Waals surface area contributed by atoms with Gasteiger partial charge in [0.1, 0.15) is 11.6 Å². The molecule has 0 spiro atoms. The molecule has 0 saturated heterocycles. The zero-order valence-electron chi connectivity index (χ0n) is 18.1. The fraction of sp³-hybridized carbons (Fsp3) is 0.381. The first kappa shape index (κ1) is 21.0. The Kier molecular flexibility index (Phi) is 4.87. The number of alkyl halides is 2. The van der Waals surface area contributed by atoms with E-state index in [2.05, 4.69) is 30.0 Å². The summed E-state index contributed by atoms with van der Waals surface area (Å²) in [4.78, 5) is 22.5. The number of hydrogen-bond acceptors (Lipinski definition) is 7. The maximum atomic E-state index is 13.4. The molecule has 1 N–H and O–H groups in total. The molecule has 1 amide bonds. The van der Waals surface area contributed by atoms with Gasteiger partial charge in [-0.3, -0.25) is 4.79 Å². The predicted octanol–water partition coefficient (Wildman–Crippen LogP) is 3.13. The van der Waals surface area contributed by atoms with Crippen molar-refractivity contribution in [3.8, 4) is 5.75 Å². The van der Waals surface area contributed by atoms with Crippen molar-refractivity contribution < 1.29 is 22.7 Å². The number of ether oxygens (including phenoxy) is 1. The van der Waals surface area contributed by atoms with Crippen LogP contribution < -0.4 is 4.74 Å². The van der Waals surface area contributed by atoms with E-state index in [4.69, 9.17) is 4.42 Å². The largest absolute Gasteiger partial charge is 0.433 e. The number of nitrogens with zero attached hydrogens (tertiary/aromatic N) is 6. The average molecular weight is 457 g/mol. The second-order valence-corrected chi connectivity index (χ2v) is 8.73. The van der Waals surface area contributed by atoms with Gasteiger partial charge in [-0.25, -0.2) is 9.50 Å². The molecule has 4 aromatic rings. The molecule has 172 valence electrons. The van der Waals surface area contributed by atoms with Crippen LogP contribution in [0.1, 0.15) is 60.5 Å². The molecular weight excluding hydrogens is 436 g/mol. The topological polar surface area (TPSA) is 114 Å². The minimum Gasteiger partial charge on any atom is -0.433 e. The molecule has 33 heavy (non-hydrogen) atoms. The van der Waals surface area contributed by atoms with E-state index in [0.29, 0.717) is 35.8 Å². The van der Waals surface area contributed by atoms with Gasteiger partial charge < -0.3 is 19.0 Å². The first-order valence-corrected chi connectivity index (χ1v) is 10.3. The minimum absolute atomic E-state index is 0.0195. The molecule has 1 atom stereocenters. The number of carbonyl (C=O) groups excluding carboxylic acids is 1. The maximum absolute atomic E-state index is 13.4. The van der Waals surface area contributed by atoms with Crippen LogP contribution in [0.4, 0.5) is 8.78 Å². The summed E-state index contributed by atoms with van der Waals surface area (Å²) in [5.41, 5.74) is 1.86. The van der Waals surface area contributed by atoms with Crippen LogP contribution in [0, 0.1) is 0 Å². The molecule has 0 fully saturated rings. The number of amides is 1. The van der Waals surface area contributed by atoms with Gasteiger partial charge in [-0.05, 0) is 18.2 Å². The molecule has 0 aromatic carbocycles. The molecule has 4 aromatic heterocycles. The van der Waals surface area contributed by atoms with E-state index in [1.165, 1.54) is 10.6 Å². The predicted molar refractivity (Wildman–Crippen MR) is 110 cm³/mol. The third-order valence-electron chi connectivity index (χ3n) is 5.41. The first-order valence-electron chi connectivity index (χ1n) is 10.3. The van der Waals surface area contributed by atoms with Crippen molar-refractivity contribution >= 4 is 11.4 Å². The molecule has 1 unspecified atom stereocenters. The highest BCUT2D eigenvalue weighted by molar-refractivity contribution is 5.90. The van der Waals surface area contributed by atoms with E-state index in [1.807, 2.05) is 20.8 Å². The number of nitrogens with one attached hydrogen (secondary N) is 1. The van der Waals surface area contributed by atoms with E-state index >= 15 is 0 Å². The quantitative estimate of drug-likeness (QED) is 0.501. The number of aromatic nitrogens is 6. The minimum atomic E-state index is -2.98. The molecular formula is C21H21F2N7O3. The Balaban J connectivity index is 1.57. The number of pyridine rings is 1. The average Bonchev–Trinajstić information content (AvgIpc) is 3.50. The van der Waals surface area contributed by atoms with Crippen molar-refractivity contribution in [1.82, 2.24) is 34.7 Å². The number of rotatable bonds is 4. The Morgan fingerprint density at radius 3 is 2.88 bits per heavy atom. The van der Waals surface area contributed by atoms with Crippen LogP contribution in [0.5, 0.6) is 5.75 Å². The number of carbonyl (C=O) groups is 1. The highest BCUT2D eigenvalue weighted by Gasteiger charge is 2.38. The van der Waals surface area contributed by atoms with Crippen LogP contribution in [0.2, 0.25) is 0 Å². The van der Waals surface area contributed by atoms with Gasteiger partial charge in [-0.1, -0.05) is 20.8 Å². The second-order valence-electron chi connectivity index (χ2n) is 8.73. The molecule has 5 heterocycles. The van der Waals surface area contributed by atoms with E-state index in [0.717, 1.165) is 5.69 Å². The lowest BCUT2D eigenvalue weighted by molar-refractivity contribution is -0.0490. The molecule has 10 nitrogen and oxygen atoms in total. The van der Waals surface area contributed by atoms with E-state index < -0.39 is 24.0 Å². The highest BCUT2D eigenvalue weighted by atomic mass is 19.3. The SMILES string of the molecule is CC(C)(C)c1nnc(C(=O)N2CCc3[nH]cnc3C2c2cc3c(OC(F)F)cccn3n2)o1. The van der Waals surface area contributed by atoms with E-state index in [1.54, 1.807) is 29.6 Å². The van der Waals surface area contributed by atoms with Crippen molar-refractivity contribution in [3.63, 3.8) is 0 Å². The molecule has 0 bridgehead atoms. The maximum Gasteiger partial charge on any atom is 0.387 e. The number of hydrogen-bond donors (Lipinski definition) is 1. The summed E-state index contributed by atoms with van der Waals surface area (Å²) in [5.74, 6) is -0.262. The molecule has 1 aliphatic heterocycles. The smallest absolute Gasteiger partial charge is 0.387 e. The molecule has 5 rings (SSSR count). The van der Waals surface area contributed by atoms with Gasteiger partial charge in [0.15, 0.2) is 5.75 Å². The van der Waals surface area contributed by atoms with Crippen molar-refractivity contribution in [2.24, 2.45) is 0 Å². The Morgan fingerprint density at radius 2 is 2.15 bits per heavy atom. The highest BCUT2D eigenvalue weighted by Crippen LogP contribution is 2.35. The lowest BCUT2D eigenvalue weighted by Gasteiger charge is -2.32. The van der Waals surface area contributed by atoms with E-state index in [-0.39, 0.29) is 11.6 Å². The third kappa shape index (κ3) is 3.70. The second kappa shape index (κ2) is 7.64. The van der Waals surface area contributed by atoms with Crippen molar-refractivity contribution in [3.05, 3.63) is 59.6 Å². The monoisotopic (exact) mass is 457 g/mol. The summed E-state index contributed by atoms with van der Waals surface area (Å²) >= 11 is 0. The molecule has 0 aliphatic carbocycles. The van der Waals surface area contributed by atoms with Gasteiger partial charge >= 0.3 is 18.4 Å². The Hall–Kier alpha value is -3.83. The fourth-order valence-corrected chi connectivity index (χ4v) is 3.87. The van der Waals surface area contributed by atoms with Crippen LogP contribution in [-0.4, -0.2) is 53.7 Å². The number of H-pyrrole nitrogens is 1. The zero-order valence-corrected chi connectivity index (χ0v) is 18.1. The number of aromatic amines is 1. The first-order chi connectivity index (χ1) is 15.7. The van der Waals surface area contributed by atoms with E-state index in [9.17, 15) is 13.6 Å². The number of imidazole rings is 1. The lowest BCUT2D eigenvalue weighted by atomic mass is 9.97. The van der Waals surface area contributed by atoms with Crippen LogP contribution in [0.15, 0.2) is 35.1 Å². The van der Waals surface area contributed by atoms with Crippen molar-refractivity contribution in [1.29, 1.82) is 0 Å². The molecule has 0 radical (unpaired) electrons. The summed E-state index contributed by atoms with van der Waals surface area (Å²) in [6.07, 6.45) is 3.72. The van der Waals surface area contributed by atoms with Crippen LogP contribution in [-0.2, 0) is 11.8 Å². The lowest BCUT2D eigenvalue weighted by Crippen LogP contribution is -2.41. The third-order valence-corrected chi connectivity index (χ3v) is 5.41. The number of fused-ring (bicyclic) bond motifs is 2. The van der Waals surface area contributed by atoms with Crippen LogP contribution >= 0.6 is 0 Å². The number of halogens is 2. The zero-order chi connectivity index (χ0) is 23.3. The molecule has 0 saturated carbocycles. The van der Waals surface area contributed by atoms with Crippen LogP contribution in [0.3, 0.4) is 0 Å². The standard InChI is InChI=1S/C21H21F2N7O3/c1-21(2,3)19-27-26-17(33-19)18(31)29-8-6-11-15(25-10-24-11)16(29)12-9-13-14(32-20(22)23)5-4-7-30(13)28-12/h4-5,7,9-10,16,20H,6,8H2,1-3H3,(H,24,25). The van der Waals surface area contributed by atoms with Crippen LogP contribution in [0.25, 0.3) is 5.52 Å². The normalized spacial score (nSPS) is 16.4. The van der Waals surface area contributed by atoms with Gasteiger partial charge in [-0.2, -0.15) is 13.9 Å². The van der Waals surface area contributed by atoms with Gasteiger partial charge in [0.05, 0.1) is 17.7 Å².